The van der Waals surface area contributed by atoms with Crippen LogP contribution in [0.15, 0.2) is 22.7 Å². The average Bonchev–Trinajstić information content (AvgIpc) is 2.29. The topological polar surface area (TPSA) is 49.3 Å². The Kier molecular flexibility index (Phi) is 6.83. The molecule has 0 radical (unpaired) electrons. The van der Waals surface area contributed by atoms with Gasteiger partial charge in [0.1, 0.15) is 0 Å². The van der Waals surface area contributed by atoms with Crippen LogP contribution in [-0.2, 0) is 11.3 Å². The van der Waals surface area contributed by atoms with Gasteiger partial charge in [0.2, 0.25) is 0 Å². The Labute approximate surface area is 127 Å². The van der Waals surface area contributed by atoms with E-state index in [4.69, 9.17) is 16.7 Å². The average molecular weight is 349 g/mol. The molecule has 0 aliphatic rings. The molecule has 0 fully saturated rings. The number of hydrogen-bond donors (Lipinski definition) is 2. The van der Waals surface area contributed by atoms with Gasteiger partial charge in [0.25, 0.3) is 0 Å². The molecule has 106 valence electrons. The van der Waals surface area contributed by atoms with Crippen LogP contribution in [0.2, 0.25) is 5.02 Å². The Balaban J connectivity index is 2.49. The minimum absolute atomic E-state index is 0.353. The number of carbonyl (C=O) groups is 1. The molecule has 1 aromatic carbocycles. The van der Waals surface area contributed by atoms with Crippen LogP contribution >= 0.6 is 27.5 Å². The molecule has 1 atom stereocenters. The quantitative estimate of drug-likeness (QED) is 0.784. The van der Waals surface area contributed by atoms with Crippen molar-refractivity contribution < 1.29 is 9.90 Å². The van der Waals surface area contributed by atoms with Crippen molar-refractivity contribution in [2.45, 2.75) is 26.8 Å². The number of benzene rings is 1. The molecule has 0 aliphatic heterocycles. The lowest BCUT2D eigenvalue weighted by Crippen LogP contribution is -2.29. The van der Waals surface area contributed by atoms with Crippen molar-refractivity contribution in [2.24, 2.45) is 11.8 Å². The van der Waals surface area contributed by atoms with Gasteiger partial charge >= 0.3 is 5.97 Å². The maximum Gasteiger partial charge on any atom is 0.307 e. The van der Waals surface area contributed by atoms with Crippen LogP contribution in [-0.4, -0.2) is 17.6 Å². The summed E-state index contributed by atoms with van der Waals surface area (Å²) in [5.41, 5.74) is 0.971. The zero-order valence-corrected chi connectivity index (χ0v) is 13.5. The van der Waals surface area contributed by atoms with E-state index in [1.807, 2.05) is 32.0 Å². The van der Waals surface area contributed by atoms with Crippen LogP contribution in [0.3, 0.4) is 0 Å². The summed E-state index contributed by atoms with van der Waals surface area (Å²) in [5, 5.41) is 13.0. The lowest BCUT2D eigenvalue weighted by molar-refractivity contribution is -0.142. The predicted molar refractivity (Wildman–Crippen MR) is 81.4 cm³/mol. The minimum atomic E-state index is -0.747. The number of hydrogen-bond acceptors (Lipinski definition) is 2. The van der Waals surface area contributed by atoms with Gasteiger partial charge in [-0.2, -0.15) is 0 Å². The molecule has 0 aromatic heterocycles. The van der Waals surface area contributed by atoms with Gasteiger partial charge < -0.3 is 10.4 Å². The van der Waals surface area contributed by atoms with Gasteiger partial charge in [-0.05, 0) is 30.0 Å². The molecule has 0 saturated carbocycles. The zero-order valence-electron chi connectivity index (χ0n) is 11.1. The molecule has 1 rings (SSSR count). The first-order valence-electron chi connectivity index (χ1n) is 6.27. The van der Waals surface area contributed by atoms with Gasteiger partial charge in [0.05, 0.1) is 5.92 Å². The smallest absolute Gasteiger partial charge is 0.307 e. The lowest BCUT2D eigenvalue weighted by atomic mass is 9.97. The summed E-state index contributed by atoms with van der Waals surface area (Å²) in [6.45, 7) is 5.09. The third-order valence-electron chi connectivity index (χ3n) is 2.83. The van der Waals surface area contributed by atoms with E-state index in [0.717, 1.165) is 10.0 Å². The minimum Gasteiger partial charge on any atom is -0.481 e. The fourth-order valence-corrected chi connectivity index (χ4v) is 2.63. The Morgan fingerprint density at radius 2 is 2.16 bits per heavy atom. The molecule has 0 aliphatic carbocycles. The monoisotopic (exact) mass is 347 g/mol. The molecule has 3 nitrogen and oxygen atoms in total. The van der Waals surface area contributed by atoms with E-state index in [1.165, 1.54) is 0 Å². The number of carboxylic acid groups (broad SMARTS) is 1. The first-order chi connectivity index (χ1) is 8.90. The van der Waals surface area contributed by atoms with E-state index in [9.17, 15) is 4.79 Å². The summed E-state index contributed by atoms with van der Waals surface area (Å²) in [6, 6.07) is 5.69. The van der Waals surface area contributed by atoms with E-state index in [-0.39, 0.29) is 5.92 Å². The summed E-state index contributed by atoms with van der Waals surface area (Å²) >= 11 is 9.46. The first kappa shape index (κ1) is 16.5. The normalized spacial score (nSPS) is 12.7. The fraction of sp³-hybridized carbons (Fsp3) is 0.500. The number of nitrogens with one attached hydrogen (secondary N) is 1. The fourth-order valence-electron chi connectivity index (χ4n) is 1.89. The Bertz CT molecular complexity index is 437. The molecule has 0 bridgehead atoms. The molecule has 0 amide bonds. The van der Waals surface area contributed by atoms with Gasteiger partial charge in [0.15, 0.2) is 0 Å². The third kappa shape index (κ3) is 5.93. The molecule has 1 unspecified atom stereocenters. The third-order valence-corrected chi connectivity index (χ3v) is 3.67. The summed E-state index contributed by atoms with van der Waals surface area (Å²) in [7, 11) is 0. The van der Waals surface area contributed by atoms with Crippen molar-refractivity contribution in [3.63, 3.8) is 0 Å². The van der Waals surface area contributed by atoms with Gasteiger partial charge in [-0.25, -0.2) is 0 Å². The second-order valence-corrected chi connectivity index (χ2v) is 6.35. The molecule has 0 spiro atoms. The van der Waals surface area contributed by atoms with Crippen molar-refractivity contribution in [1.29, 1.82) is 0 Å². The highest BCUT2D eigenvalue weighted by Crippen LogP contribution is 2.21. The highest BCUT2D eigenvalue weighted by Gasteiger charge is 2.18. The molecular formula is C14H19BrClNO2. The summed E-state index contributed by atoms with van der Waals surface area (Å²) in [4.78, 5) is 11.1. The van der Waals surface area contributed by atoms with Crippen molar-refractivity contribution in [2.75, 3.05) is 6.54 Å². The maximum absolute atomic E-state index is 11.1. The maximum atomic E-state index is 11.1. The van der Waals surface area contributed by atoms with Crippen molar-refractivity contribution >= 4 is 33.5 Å². The van der Waals surface area contributed by atoms with Crippen LogP contribution in [0.25, 0.3) is 0 Å². The van der Waals surface area contributed by atoms with Crippen LogP contribution < -0.4 is 5.32 Å². The van der Waals surface area contributed by atoms with E-state index in [2.05, 4.69) is 21.2 Å². The molecular weight excluding hydrogens is 330 g/mol. The van der Waals surface area contributed by atoms with Crippen molar-refractivity contribution in [3.05, 3.63) is 33.3 Å². The Morgan fingerprint density at radius 1 is 1.47 bits per heavy atom. The number of aliphatic carboxylic acids is 1. The molecule has 5 heteroatoms. The second kappa shape index (κ2) is 7.88. The summed E-state index contributed by atoms with van der Waals surface area (Å²) < 4.78 is 0.935. The molecule has 0 heterocycles. The molecule has 1 aromatic rings. The second-order valence-electron chi connectivity index (χ2n) is 5.03. The van der Waals surface area contributed by atoms with Crippen LogP contribution in [0, 0.1) is 11.8 Å². The van der Waals surface area contributed by atoms with Crippen LogP contribution in [0.4, 0.5) is 0 Å². The van der Waals surface area contributed by atoms with Gasteiger partial charge in [0, 0.05) is 22.6 Å². The van der Waals surface area contributed by atoms with Crippen molar-refractivity contribution in [1.82, 2.24) is 5.32 Å². The summed E-state index contributed by atoms with van der Waals surface area (Å²) in [5.74, 6) is -0.725. The van der Waals surface area contributed by atoms with Gasteiger partial charge in [-0.1, -0.05) is 47.4 Å². The molecule has 2 N–H and O–H groups in total. The predicted octanol–water partition coefficient (Wildman–Crippen LogP) is 3.94. The highest BCUT2D eigenvalue weighted by molar-refractivity contribution is 9.10. The van der Waals surface area contributed by atoms with E-state index in [1.54, 1.807) is 0 Å². The van der Waals surface area contributed by atoms with Crippen molar-refractivity contribution in [3.8, 4) is 0 Å². The molecule has 19 heavy (non-hydrogen) atoms. The van der Waals surface area contributed by atoms with E-state index < -0.39 is 5.97 Å². The van der Waals surface area contributed by atoms with Crippen LogP contribution in [0.5, 0.6) is 0 Å². The Morgan fingerprint density at radius 3 is 2.68 bits per heavy atom. The highest BCUT2D eigenvalue weighted by atomic mass is 79.9. The standard InChI is InChI=1S/C14H19BrClNO2/c1-9(2)5-11(14(18)19)8-17-7-10-3-4-12(15)6-13(10)16/h3-4,6,9,11,17H,5,7-8H2,1-2H3,(H,18,19). The number of halogens is 2. The Hall–Kier alpha value is -0.580. The van der Waals surface area contributed by atoms with E-state index in [0.29, 0.717) is 30.5 Å². The van der Waals surface area contributed by atoms with Crippen LogP contribution in [0.1, 0.15) is 25.8 Å². The van der Waals surface area contributed by atoms with E-state index >= 15 is 0 Å². The molecule has 0 saturated heterocycles. The van der Waals surface area contributed by atoms with Gasteiger partial charge in [-0.15, -0.1) is 0 Å². The first-order valence-corrected chi connectivity index (χ1v) is 7.44. The SMILES string of the molecule is CC(C)CC(CNCc1ccc(Br)cc1Cl)C(=O)O. The lowest BCUT2D eigenvalue weighted by Gasteiger charge is -2.15. The largest absolute Gasteiger partial charge is 0.481 e. The number of rotatable bonds is 7. The summed E-state index contributed by atoms with van der Waals surface area (Å²) in [6.07, 6.45) is 0.677. The zero-order chi connectivity index (χ0) is 14.4. The van der Waals surface area contributed by atoms with Gasteiger partial charge in [-0.3, -0.25) is 4.79 Å². The number of carboxylic acids is 1.